The zero-order chi connectivity index (χ0) is 22.9. The van der Waals surface area contributed by atoms with Gasteiger partial charge in [-0.05, 0) is 50.6 Å². The van der Waals surface area contributed by atoms with Gasteiger partial charge in [-0.1, -0.05) is 26.8 Å². The van der Waals surface area contributed by atoms with E-state index >= 15 is 0 Å². The SMILES string of the molecule is C=CCNc1nc2c(s1)CC1(C)CCC(C(C)C(=O)N(C)CCN(C)C)C(O)C1C2C. The van der Waals surface area contributed by atoms with Gasteiger partial charge >= 0.3 is 0 Å². The second-order valence-corrected chi connectivity index (χ2v) is 11.3. The van der Waals surface area contributed by atoms with Gasteiger partial charge in [-0.2, -0.15) is 0 Å². The molecule has 0 bridgehead atoms. The molecule has 2 N–H and O–H groups in total. The fourth-order valence-electron chi connectivity index (χ4n) is 5.77. The van der Waals surface area contributed by atoms with Gasteiger partial charge < -0.3 is 20.2 Å². The number of aromatic nitrogens is 1. The summed E-state index contributed by atoms with van der Waals surface area (Å²) in [5.74, 6) is 0.253. The standard InChI is InChI=1S/C24H40N4O2S/c1-8-11-25-23-26-20-16(3)19-21(29)17(9-10-24(19,4)14-18(20)31-23)15(2)22(30)28(7)13-12-27(5)6/h8,15-17,19,21,29H,1,9-14H2,2-7H3,(H,25,26). The number of fused-ring (bicyclic) bond motifs is 2. The van der Waals surface area contributed by atoms with Crippen molar-refractivity contribution in [2.24, 2.45) is 23.2 Å². The van der Waals surface area contributed by atoms with E-state index in [9.17, 15) is 9.90 Å². The number of aliphatic hydroxyl groups is 1. The monoisotopic (exact) mass is 448 g/mol. The zero-order valence-electron chi connectivity index (χ0n) is 20.0. The van der Waals surface area contributed by atoms with Crippen LogP contribution < -0.4 is 5.32 Å². The molecule has 1 heterocycles. The van der Waals surface area contributed by atoms with Gasteiger partial charge in [-0.3, -0.25) is 4.79 Å². The molecule has 0 aromatic carbocycles. The van der Waals surface area contributed by atoms with Crippen molar-refractivity contribution in [2.45, 2.75) is 52.1 Å². The molecule has 1 aromatic rings. The van der Waals surface area contributed by atoms with Gasteiger partial charge in [0.25, 0.3) is 0 Å². The second kappa shape index (κ2) is 9.59. The number of carbonyl (C=O) groups excluding carboxylic acids is 1. The molecule has 1 amide bonds. The highest BCUT2D eigenvalue weighted by molar-refractivity contribution is 7.15. The van der Waals surface area contributed by atoms with E-state index in [0.29, 0.717) is 13.1 Å². The minimum Gasteiger partial charge on any atom is -0.392 e. The van der Waals surface area contributed by atoms with E-state index in [1.54, 1.807) is 11.3 Å². The molecule has 1 aromatic heterocycles. The molecule has 1 saturated carbocycles. The van der Waals surface area contributed by atoms with Crippen LogP contribution >= 0.6 is 11.3 Å². The van der Waals surface area contributed by atoms with Gasteiger partial charge in [0.2, 0.25) is 5.91 Å². The van der Waals surface area contributed by atoms with E-state index in [4.69, 9.17) is 4.98 Å². The molecule has 7 heteroatoms. The third kappa shape index (κ3) is 4.83. The lowest BCUT2D eigenvalue weighted by molar-refractivity contribution is -0.143. The number of aliphatic hydroxyl groups excluding tert-OH is 1. The highest BCUT2D eigenvalue weighted by Crippen LogP contribution is 2.57. The van der Waals surface area contributed by atoms with Crippen LogP contribution in [0.15, 0.2) is 12.7 Å². The molecule has 0 aliphatic heterocycles. The number of nitrogens with one attached hydrogen (secondary N) is 1. The Morgan fingerprint density at radius 3 is 2.77 bits per heavy atom. The number of rotatable bonds is 8. The van der Waals surface area contributed by atoms with Crippen LogP contribution in [0.2, 0.25) is 0 Å². The number of likely N-dealkylation sites (N-methyl/N-ethyl adjacent to an activating group) is 2. The van der Waals surface area contributed by atoms with Crippen molar-refractivity contribution in [3.63, 3.8) is 0 Å². The third-order valence-electron chi connectivity index (χ3n) is 7.61. The molecular formula is C24H40N4O2S. The fraction of sp³-hybridized carbons (Fsp3) is 0.750. The molecule has 6 unspecified atom stereocenters. The summed E-state index contributed by atoms with van der Waals surface area (Å²) in [5, 5.41) is 15.8. The van der Waals surface area contributed by atoms with Crippen LogP contribution in [-0.2, 0) is 11.2 Å². The minimum absolute atomic E-state index is 0.00613. The van der Waals surface area contributed by atoms with E-state index < -0.39 is 6.10 Å². The Morgan fingerprint density at radius 1 is 1.42 bits per heavy atom. The van der Waals surface area contributed by atoms with E-state index in [2.05, 4.69) is 30.6 Å². The molecule has 0 radical (unpaired) electrons. The topological polar surface area (TPSA) is 68.7 Å². The Morgan fingerprint density at radius 2 is 2.13 bits per heavy atom. The number of nitrogens with zero attached hydrogens (tertiary/aromatic N) is 3. The highest BCUT2D eigenvalue weighted by atomic mass is 32.1. The largest absolute Gasteiger partial charge is 0.392 e. The summed E-state index contributed by atoms with van der Waals surface area (Å²) in [5.41, 5.74) is 1.17. The first-order valence-corrected chi connectivity index (χ1v) is 12.3. The van der Waals surface area contributed by atoms with Gasteiger partial charge in [0.1, 0.15) is 0 Å². The molecule has 2 aliphatic rings. The number of amides is 1. The van der Waals surface area contributed by atoms with Crippen molar-refractivity contribution in [1.29, 1.82) is 0 Å². The van der Waals surface area contributed by atoms with Gasteiger partial charge in [0, 0.05) is 43.4 Å². The number of carbonyl (C=O) groups is 1. The van der Waals surface area contributed by atoms with Crippen molar-refractivity contribution >= 4 is 22.4 Å². The summed E-state index contributed by atoms with van der Waals surface area (Å²) in [6.07, 6.45) is 4.24. The summed E-state index contributed by atoms with van der Waals surface area (Å²) in [4.78, 5) is 23.2. The number of hydrogen-bond acceptors (Lipinski definition) is 6. The van der Waals surface area contributed by atoms with Crippen molar-refractivity contribution < 1.29 is 9.90 Å². The second-order valence-electron chi connectivity index (χ2n) is 10.2. The number of anilines is 1. The van der Waals surface area contributed by atoms with Crippen LogP contribution in [0.1, 0.15) is 50.1 Å². The van der Waals surface area contributed by atoms with E-state index in [-0.39, 0.29) is 35.0 Å². The average Bonchev–Trinajstić information content (AvgIpc) is 3.11. The van der Waals surface area contributed by atoms with Crippen molar-refractivity contribution in [3.05, 3.63) is 23.2 Å². The Hall–Kier alpha value is -1.44. The van der Waals surface area contributed by atoms with Gasteiger partial charge in [-0.15, -0.1) is 17.9 Å². The molecule has 0 saturated heterocycles. The van der Waals surface area contributed by atoms with Crippen LogP contribution in [0, 0.1) is 23.2 Å². The smallest absolute Gasteiger partial charge is 0.225 e. The summed E-state index contributed by atoms with van der Waals surface area (Å²) in [6, 6.07) is 0. The number of hydrogen-bond donors (Lipinski definition) is 2. The highest BCUT2D eigenvalue weighted by Gasteiger charge is 2.54. The first-order chi connectivity index (χ1) is 14.6. The molecule has 174 valence electrons. The minimum atomic E-state index is -0.491. The molecule has 6 atom stereocenters. The Bertz CT molecular complexity index is 795. The lowest BCUT2D eigenvalue weighted by Gasteiger charge is -2.53. The van der Waals surface area contributed by atoms with Crippen LogP contribution in [0.25, 0.3) is 0 Å². The van der Waals surface area contributed by atoms with Crippen molar-refractivity contribution in [3.8, 4) is 0 Å². The maximum absolute atomic E-state index is 13.1. The van der Waals surface area contributed by atoms with E-state index in [1.165, 1.54) is 4.88 Å². The van der Waals surface area contributed by atoms with E-state index in [0.717, 1.165) is 36.6 Å². The normalized spacial score (nSPS) is 31.0. The summed E-state index contributed by atoms with van der Waals surface area (Å²) < 4.78 is 0. The Balaban J connectivity index is 1.77. The number of thiazole rings is 1. The summed E-state index contributed by atoms with van der Waals surface area (Å²) >= 11 is 1.74. The van der Waals surface area contributed by atoms with Gasteiger partial charge in [0.05, 0.1) is 11.8 Å². The van der Waals surface area contributed by atoms with Crippen LogP contribution in [0.4, 0.5) is 5.13 Å². The Kier molecular flexibility index (Phi) is 7.49. The molecule has 3 rings (SSSR count). The fourth-order valence-corrected chi connectivity index (χ4v) is 7.04. The molecular weight excluding hydrogens is 408 g/mol. The van der Waals surface area contributed by atoms with Crippen LogP contribution in [0.3, 0.4) is 0 Å². The summed E-state index contributed by atoms with van der Waals surface area (Å²) in [6.45, 7) is 12.6. The molecule has 6 nitrogen and oxygen atoms in total. The summed E-state index contributed by atoms with van der Waals surface area (Å²) in [7, 11) is 5.91. The van der Waals surface area contributed by atoms with Crippen LogP contribution in [-0.4, -0.2) is 72.7 Å². The van der Waals surface area contributed by atoms with Crippen molar-refractivity contribution in [1.82, 2.24) is 14.8 Å². The first-order valence-electron chi connectivity index (χ1n) is 11.5. The van der Waals surface area contributed by atoms with Crippen molar-refractivity contribution in [2.75, 3.05) is 46.1 Å². The van der Waals surface area contributed by atoms with Gasteiger partial charge in [-0.25, -0.2) is 4.98 Å². The average molecular weight is 449 g/mol. The lowest BCUT2D eigenvalue weighted by atomic mass is 9.53. The predicted molar refractivity (Wildman–Crippen MR) is 129 cm³/mol. The molecule has 2 aliphatic carbocycles. The zero-order valence-corrected chi connectivity index (χ0v) is 20.8. The lowest BCUT2D eigenvalue weighted by Crippen LogP contribution is -2.53. The quantitative estimate of drug-likeness (QED) is 0.596. The third-order valence-corrected chi connectivity index (χ3v) is 8.64. The van der Waals surface area contributed by atoms with Gasteiger partial charge in [0.15, 0.2) is 5.13 Å². The van der Waals surface area contributed by atoms with Crippen LogP contribution in [0.5, 0.6) is 0 Å². The molecule has 1 fully saturated rings. The maximum Gasteiger partial charge on any atom is 0.225 e. The molecule has 0 spiro atoms. The predicted octanol–water partition coefficient (Wildman–Crippen LogP) is 3.45. The maximum atomic E-state index is 13.1. The molecule has 31 heavy (non-hydrogen) atoms. The Labute approximate surface area is 191 Å². The first kappa shape index (κ1) is 24.2. The van der Waals surface area contributed by atoms with E-state index in [1.807, 2.05) is 39.0 Å².